The van der Waals surface area contributed by atoms with Gasteiger partial charge in [-0.2, -0.15) is 0 Å². The minimum atomic E-state index is -0.885. The van der Waals surface area contributed by atoms with Crippen LogP contribution in [0.4, 0.5) is 0 Å². The van der Waals surface area contributed by atoms with Crippen LogP contribution in [0.2, 0.25) is 0 Å². The SMILES string of the molecule is CN(C)NC(C)(C)C(=O)O. The number of carboxylic acid groups (broad SMARTS) is 1. The van der Waals surface area contributed by atoms with Crippen LogP contribution in [0, 0.1) is 0 Å². The van der Waals surface area contributed by atoms with Gasteiger partial charge in [0.25, 0.3) is 0 Å². The summed E-state index contributed by atoms with van der Waals surface area (Å²) in [4.78, 5) is 10.5. The highest BCUT2D eigenvalue weighted by atomic mass is 16.4. The highest BCUT2D eigenvalue weighted by Crippen LogP contribution is 2.00. The summed E-state index contributed by atoms with van der Waals surface area (Å²) in [5.41, 5.74) is 1.87. The average molecular weight is 146 g/mol. The van der Waals surface area contributed by atoms with E-state index >= 15 is 0 Å². The maximum atomic E-state index is 10.5. The summed E-state index contributed by atoms with van der Waals surface area (Å²) in [6.45, 7) is 3.21. The fourth-order valence-electron chi connectivity index (χ4n) is 0.607. The van der Waals surface area contributed by atoms with Crippen LogP contribution >= 0.6 is 0 Å². The number of carbonyl (C=O) groups is 1. The first-order valence-electron chi connectivity index (χ1n) is 3.05. The van der Waals surface area contributed by atoms with E-state index in [9.17, 15) is 4.79 Å². The molecule has 0 aliphatic rings. The third-order valence-corrected chi connectivity index (χ3v) is 1.04. The van der Waals surface area contributed by atoms with Crippen molar-refractivity contribution in [1.82, 2.24) is 10.4 Å². The second-order valence-electron chi connectivity index (χ2n) is 2.94. The van der Waals surface area contributed by atoms with Crippen LogP contribution in [0.15, 0.2) is 0 Å². The predicted molar refractivity (Wildman–Crippen MR) is 38.5 cm³/mol. The topological polar surface area (TPSA) is 52.6 Å². The molecule has 0 atom stereocenters. The molecule has 4 heteroatoms. The van der Waals surface area contributed by atoms with Gasteiger partial charge >= 0.3 is 5.97 Å². The normalized spacial score (nSPS) is 12.1. The Balaban J connectivity index is 4.00. The van der Waals surface area contributed by atoms with E-state index in [-0.39, 0.29) is 0 Å². The van der Waals surface area contributed by atoms with Crippen molar-refractivity contribution < 1.29 is 9.90 Å². The molecule has 0 unspecified atom stereocenters. The Morgan fingerprint density at radius 3 is 2.00 bits per heavy atom. The summed E-state index contributed by atoms with van der Waals surface area (Å²) < 4.78 is 0. The van der Waals surface area contributed by atoms with Gasteiger partial charge < -0.3 is 5.11 Å². The molecule has 10 heavy (non-hydrogen) atoms. The van der Waals surface area contributed by atoms with Crippen molar-refractivity contribution in [3.8, 4) is 0 Å². The Kier molecular flexibility index (Phi) is 2.80. The van der Waals surface area contributed by atoms with Crippen molar-refractivity contribution in [2.24, 2.45) is 0 Å². The first-order valence-corrected chi connectivity index (χ1v) is 3.05. The minimum Gasteiger partial charge on any atom is -0.480 e. The van der Waals surface area contributed by atoms with E-state index in [2.05, 4.69) is 5.43 Å². The Hall–Kier alpha value is -0.610. The summed E-state index contributed by atoms with van der Waals surface area (Å²) in [5.74, 6) is -0.860. The van der Waals surface area contributed by atoms with Crippen molar-refractivity contribution in [2.75, 3.05) is 14.1 Å². The molecule has 0 radical (unpaired) electrons. The van der Waals surface area contributed by atoms with Crippen LogP contribution in [0.3, 0.4) is 0 Å². The number of aliphatic carboxylic acids is 1. The van der Waals surface area contributed by atoms with Gasteiger partial charge in [-0.25, -0.2) is 10.4 Å². The maximum absolute atomic E-state index is 10.5. The molecule has 0 aliphatic carbocycles. The molecule has 0 saturated carbocycles. The van der Waals surface area contributed by atoms with Crippen molar-refractivity contribution >= 4 is 5.97 Å². The molecule has 0 rings (SSSR count). The summed E-state index contributed by atoms with van der Waals surface area (Å²) >= 11 is 0. The molecule has 60 valence electrons. The molecule has 0 fully saturated rings. The summed E-state index contributed by atoms with van der Waals surface area (Å²) in [6, 6.07) is 0. The van der Waals surface area contributed by atoms with Crippen molar-refractivity contribution in [2.45, 2.75) is 19.4 Å². The quantitative estimate of drug-likeness (QED) is 0.547. The lowest BCUT2D eigenvalue weighted by Crippen LogP contribution is -2.52. The van der Waals surface area contributed by atoms with Crippen LogP contribution in [-0.2, 0) is 4.79 Å². The van der Waals surface area contributed by atoms with Crippen molar-refractivity contribution in [1.29, 1.82) is 0 Å². The van der Waals surface area contributed by atoms with Crippen LogP contribution in [-0.4, -0.2) is 35.7 Å². The molecule has 0 aromatic heterocycles. The number of hydrogen-bond acceptors (Lipinski definition) is 3. The molecule has 0 amide bonds. The molecule has 0 aromatic rings. The Morgan fingerprint density at radius 2 is 1.90 bits per heavy atom. The zero-order valence-electron chi connectivity index (χ0n) is 6.80. The molecule has 0 bridgehead atoms. The smallest absolute Gasteiger partial charge is 0.324 e. The highest BCUT2D eigenvalue weighted by molar-refractivity contribution is 5.77. The summed E-state index contributed by atoms with van der Waals surface area (Å²) in [6.07, 6.45) is 0. The second kappa shape index (κ2) is 2.98. The molecule has 0 saturated heterocycles. The number of nitrogens with one attached hydrogen (secondary N) is 1. The lowest BCUT2D eigenvalue weighted by Gasteiger charge is -2.25. The monoisotopic (exact) mass is 146 g/mol. The fraction of sp³-hybridized carbons (Fsp3) is 0.833. The van der Waals surface area contributed by atoms with E-state index in [1.165, 1.54) is 0 Å². The van der Waals surface area contributed by atoms with E-state index in [1.54, 1.807) is 33.0 Å². The van der Waals surface area contributed by atoms with E-state index < -0.39 is 11.5 Å². The largest absolute Gasteiger partial charge is 0.480 e. The van der Waals surface area contributed by atoms with E-state index in [4.69, 9.17) is 5.11 Å². The van der Waals surface area contributed by atoms with E-state index in [1.807, 2.05) is 0 Å². The first-order chi connectivity index (χ1) is 4.36. The Bertz CT molecular complexity index is 132. The number of nitrogens with zero attached hydrogens (tertiary/aromatic N) is 1. The van der Waals surface area contributed by atoms with E-state index in [0.29, 0.717) is 0 Å². The van der Waals surface area contributed by atoms with Crippen LogP contribution < -0.4 is 5.43 Å². The number of carboxylic acids is 1. The minimum absolute atomic E-state index is 0.860. The first kappa shape index (κ1) is 9.39. The van der Waals surface area contributed by atoms with Gasteiger partial charge in [0.15, 0.2) is 0 Å². The third kappa shape index (κ3) is 2.80. The number of hydrazine groups is 1. The van der Waals surface area contributed by atoms with Gasteiger partial charge in [-0.1, -0.05) is 0 Å². The van der Waals surface area contributed by atoms with Gasteiger partial charge in [-0.15, -0.1) is 0 Å². The zero-order valence-corrected chi connectivity index (χ0v) is 6.80. The standard InChI is InChI=1S/C6H14N2O2/c1-6(2,5(9)10)7-8(3)4/h7H,1-4H3,(H,9,10). The molecule has 0 aromatic carbocycles. The van der Waals surface area contributed by atoms with Gasteiger partial charge in [-0.3, -0.25) is 4.79 Å². The van der Waals surface area contributed by atoms with Crippen LogP contribution in [0.25, 0.3) is 0 Å². The second-order valence-corrected chi connectivity index (χ2v) is 2.94. The third-order valence-electron chi connectivity index (χ3n) is 1.04. The summed E-state index contributed by atoms with van der Waals surface area (Å²) in [5, 5.41) is 10.2. The highest BCUT2D eigenvalue weighted by Gasteiger charge is 2.26. The molecule has 0 spiro atoms. The van der Waals surface area contributed by atoms with Crippen LogP contribution in [0.5, 0.6) is 0 Å². The molecule has 4 nitrogen and oxygen atoms in total. The molecule has 0 heterocycles. The lowest BCUT2D eigenvalue weighted by molar-refractivity contribution is -0.145. The molecular formula is C6H14N2O2. The van der Waals surface area contributed by atoms with Gasteiger partial charge in [0.1, 0.15) is 5.54 Å². The molecular weight excluding hydrogens is 132 g/mol. The van der Waals surface area contributed by atoms with Crippen LogP contribution in [0.1, 0.15) is 13.8 Å². The molecule has 2 N–H and O–H groups in total. The lowest BCUT2D eigenvalue weighted by atomic mass is 10.1. The van der Waals surface area contributed by atoms with E-state index in [0.717, 1.165) is 0 Å². The molecule has 0 aliphatic heterocycles. The number of rotatable bonds is 3. The fourth-order valence-corrected chi connectivity index (χ4v) is 0.607. The Labute approximate surface area is 60.8 Å². The average Bonchev–Trinajstić information content (AvgIpc) is 1.60. The predicted octanol–water partition coefficient (Wildman–Crippen LogP) is -0.0842. The van der Waals surface area contributed by atoms with Gasteiger partial charge in [0.2, 0.25) is 0 Å². The van der Waals surface area contributed by atoms with Gasteiger partial charge in [0.05, 0.1) is 0 Å². The van der Waals surface area contributed by atoms with Crippen molar-refractivity contribution in [3.05, 3.63) is 0 Å². The Morgan fingerprint density at radius 1 is 1.50 bits per heavy atom. The van der Waals surface area contributed by atoms with Gasteiger partial charge in [-0.05, 0) is 13.8 Å². The van der Waals surface area contributed by atoms with Gasteiger partial charge in [0, 0.05) is 14.1 Å². The number of hydrogen-bond donors (Lipinski definition) is 2. The maximum Gasteiger partial charge on any atom is 0.324 e. The summed E-state index contributed by atoms with van der Waals surface area (Å²) in [7, 11) is 3.51. The zero-order chi connectivity index (χ0) is 8.36. The van der Waals surface area contributed by atoms with Crippen molar-refractivity contribution in [3.63, 3.8) is 0 Å².